The first-order chi connectivity index (χ1) is 9.87. The third kappa shape index (κ3) is 4.10. The molecule has 9 heteroatoms. The number of rotatable bonds is 5. The molecule has 0 spiro atoms. The number of carbonyl (C=O) groups is 1. The number of hydrogen-bond donors (Lipinski definition) is 3. The zero-order valence-corrected chi connectivity index (χ0v) is 12.0. The van der Waals surface area contributed by atoms with E-state index in [0.29, 0.717) is 10.9 Å². The zero-order valence-electron chi connectivity index (χ0n) is 11.2. The Morgan fingerprint density at radius 1 is 1.29 bits per heavy atom. The van der Waals surface area contributed by atoms with Crippen molar-refractivity contribution in [3.63, 3.8) is 0 Å². The summed E-state index contributed by atoms with van der Waals surface area (Å²) in [6.07, 6.45) is 1.02. The summed E-state index contributed by atoms with van der Waals surface area (Å²) in [5.41, 5.74) is 0.0145. The topological polar surface area (TPSA) is 121 Å². The monoisotopic (exact) mass is 310 g/mol. The lowest BCUT2D eigenvalue weighted by Crippen LogP contribution is -2.35. The summed E-state index contributed by atoms with van der Waals surface area (Å²) in [6, 6.07) is 6.66. The molecular weight excluding hydrogens is 296 g/mol. The molecule has 0 fully saturated rings. The summed E-state index contributed by atoms with van der Waals surface area (Å²) in [5, 5.41) is 2.86. The predicted octanol–water partition coefficient (Wildman–Crippen LogP) is -0.798. The van der Waals surface area contributed by atoms with Crippen molar-refractivity contribution >= 4 is 26.8 Å². The van der Waals surface area contributed by atoms with Gasteiger partial charge in [0.15, 0.2) is 5.82 Å². The summed E-state index contributed by atoms with van der Waals surface area (Å²) in [6.45, 7) is 0.144. The molecule has 1 aromatic carbocycles. The van der Waals surface area contributed by atoms with Crippen molar-refractivity contribution in [3.8, 4) is 0 Å². The molecule has 0 saturated carbocycles. The van der Waals surface area contributed by atoms with Crippen molar-refractivity contribution in [2.75, 3.05) is 19.3 Å². The number of carbonyl (C=O) groups excluding carboxylic acids is 1. The Labute approximate surface area is 120 Å². The van der Waals surface area contributed by atoms with E-state index >= 15 is 0 Å². The van der Waals surface area contributed by atoms with Gasteiger partial charge in [0.2, 0.25) is 10.0 Å². The van der Waals surface area contributed by atoms with E-state index in [4.69, 9.17) is 0 Å². The van der Waals surface area contributed by atoms with Gasteiger partial charge in [-0.05, 0) is 12.1 Å². The second kappa shape index (κ2) is 6.02. The van der Waals surface area contributed by atoms with E-state index in [1.807, 2.05) is 0 Å². The Balaban J connectivity index is 2.08. The first kappa shape index (κ1) is 15.1. The molecule has 1 heterocycles. The molecule has 0 aliphatic carbocycles. The predicted molar refractivity (Wildman–Crippen MR) is 77.5 cm³/mol. The average molecular weight is 310 g/mol. The first-order valence-electron chi connectivity index (χ1n) is 6.09. The number of sulfonamides is 1. The van der Waals surface area contributed by atoms with Gasteiger partial charge >= 0.3 is 0 Å². The van der Waals surface area contributed by atoms with Crippen molar-refractivity contribution in [2.45, 2.75) is 0 Å². The molecule has 3 N–H and O–H groups in total. The summed E-state index contributed by atoms with van der Waals surface area (Å²) >= 11 is 0. The fourth-order valence-electron chi connectivity index (χ4n) is 1.69. The minimum atomic E-state index is -3.30. The highest BCUT2D eigenvalue weighted by Gasteiger charge is 2.10. The minimum Gasteiger partial charge on any atom is -0.348 e. The number of aromatic amines is 1. The van der Waals surface area contributed by atoms with E-state index in [1.54, 1.807) is 24.3 Å². The van der Waals surface area contributed by atoms with Gasteiger partial charge < -0.3 is 10.3 Å². The number of H-pyrrole nitrogens is 1. The molecule has 1 amide bonds. The maximum atomic E-state index is 11.8. The molecule has 0 unspecified atom stereocenters. The molecule has 0 radical (unpaired) electrons. The van der Waals surface area contributed by atoms with Crippen molar-refractivity contribution < 1.29 is 13.2 Å². The second-order valence-electron chi connectivity index (χ2n) is 4.35. The van der Waals surface area contributed by atoms with E-state index in [9.17, 15) is 18.0 Å². The second-order valence-corrected chi connectivity index (χ2v) is 6.19. The van der Waals surface area contributed by atoms with Gasteiger partial charge in [-0.25, -0.2) is 18.1 Å². The van der Waals surface area contributed by atoms with Crippen molar-refractivity contribution in [1.29, 1.82) is 0 Å². The molecule has 0 atom stereocenters. The molecule has 0 saturated heterocycles. The van der Waals surface area contributed by atoms with Crippen LogP contribution in [0.25, 0.3) is 10.9 Å². The Kier molecular flexibility index (Phi) is 4.34. The maximum Gasteiger partial charge on any atom is 0.287 e. The number of hydrogen-bond acceptors (Lipinski definition) is 5. The molecule has 2 aromatic rings. The van der Waals surface area contributed by atoms with Crippen LogP contribution in [0.4, 0.5) is 0 Å². The Hall–Kier alpha value is -2.26. The van der Waals surface area contributed by atoms with Crippen LogP contribution in [-0.4, -0.2) is 43.6 Å². The summed E-state index contributed by atoms with van der Waals surface area (Å²) in [7, 11) is -3.30. The lowest BCUT2D eigenvalue weighted by atomic mass is 10.2. The Bertz CT molecular complexity index is 829. The fourth-order valence-corrected chi connectivity index (χ4v) is 2.16. The number of fused-ring (bicyclic) bond motifs is 1. The van der Waals surface area contributed by atoms with Gasteiger partial charge in [0.1, 0.15) is 0 Å². The van der Waals surface area contributed by atoms with E-state index in [0.717, 1.165) is 6.26 Å². The van der Waals surface area contributed by atoms with Crippen LogP contribution < -0.4 is 15.6 Å². The third-order valence-electron chi connectivity index (χ3n) is 2.60. The van der Waals surface area contributed by atoms with E-state index < -0.39 is 21.5 Å². The highest BCUT2D eigenvalue weighted by Crippen LogP contribution is 2.05. The number of para-hydroxylation sites is 1. The summed E-state index contributed by atoms with van der Waals surface area (Å²) < 4.78 is 23.9. The van der Waals surface area contributed by atoms with Crippen LogP contribution in [0.1, 0.15) is 10.6 Å². The first-order valence-corrected chi connectivity index (χ1v) is 7.98. The largest absolute Gasteiger partial charge is 0.348 e. The van der Waals surface area contributed by atoms with Gasteiger partial charge in [0.25, 0.3) is 11.5 Å². The van der Waals surface area contributed by atoms with Crippen LogP contribution in [-0.2, 0) is 10.0 Å². The molecule has 0 aliphatic heterocycles. The molecule has 1 aromatic heterocycles. The zero-order chi connectivity index (χ0) is 15.5. The molecule has 2 rings (SSSR count). The number of benzene rings is 1. The van der Waals surface area contributed by atoms with Crippen molar-refractivity contribution in [3.05, 3.63) is 40.4 Å². The lowest BCUT2D eigenvalue weighted by molar-refractivity contribution is 0.0944. The summed E-state index contributed by atoms with van der Waals surface area (Å²) in [4.78, 5) is 30.1. The van der Waals surface area contributed by atoms with Crippen LogP contribution in [0.15, 0.2) is 29.1 Å². The van der Waals surface area contributed by atoms with Crippen LogP contribution in [0.2, 0.25) is 0 Å². The Morgan fingerprint density at radius 3 is 2.71 bits per heavy atom. The van der Waals surface area contributed by atoms with Gasteiger partial charge in [-0.2, -0.15) is 0 Å². The van der Waals surface area contributed by atoms with Crippen LogP contribution in [0, 0.1) is 0 Å². The smallest absolute Gasteiger partial charge is 0.287 e. The quantitative estimate of drug-likeness (QED) is 0.624. The number of nitrogens with one attached hydrogen (secondary N) is 3. The third-order valence-corrected chi connectivity index (χ3v) is 3.33. The SMILES string of the molecule is CS(=O)(=O)NCCNC(=O)c1nc2ccccc2c(=O)[nH]1. The van der Waals surface area contributed by atoms with Crippen molar-refractivity contribution in [1.82, 2.24) is 20.0 Å². The average Bonchev–Trinajstić information content (AvgIpc) is 2.42. The van der Waals surface area contributed by atoms with Crippen molar-refractivity contribution in [2.24, 2.45) is 0 Å². The lowest BCUT2D eigenvalue weighted by Gasteiger charge is -2.05. The number of aromatic nitrogens is 2. The molecule has 21 heavy (non-hydrogen) atoms. The van der Waals surface area contributed by atoms with Gasteiger partial charge in [0.05, 0.1) is 17.2 Å². The number of amides is 1. The summed E-state index contributed by atoms with van der Waals surface area (Å²) in [5.74, 6) is -0.689. The van der Waals surface area contributed by atoms with Gasteiger partial charge in [-0.1, -0.05) is 12.1 Å². The fraction of sp³-hybridized carbons (Fsp3) is 0.250. The number of nitrogens with zero attached hydrogens (tertiary/aromatic N) is 1. The van der Waals surface area contributed by atoms with Crippen LogP contribution in [0.3, 0.4) is 0 Å². The molecule has 8 nitrogen and oxygen atoms in total. The highest BCUT2D eigenvalue weighted by atomic mass is 32.2. The molecular formula is C12H14N4O4S. The molecule has 0 aliphatic rings. The van der Waals surface area contributed by atoms with Crippen LogP contribution >= 0.6 is 0 Å². The van der Waals surface area contributed by atoms with Gasteiger partial charge in [-0.3, -0.25) is 9.59 Å². The molecule has 0 bridgehead atoms. The minimum absolute atomic E-state index is 0.0579. The van der Waals surface area contributed by atoms with E-state index in [2.05, 4.69) is 20.0 Å². The Morgan fingerprint density at radius 2 is 2.00 bits per heavy atom. The molecule has 112 valence electrons. The van der Waals surface area contributed by atoms with Gasteiger partial charge in [-0.15, -0.1) is 0 Å². The van der Waals surface area contributed by atoms with E-state index in [-0.39, 0.29) is 18.9 Å². The standard InChI is InChI=1S/C12H14N4O4S/c1-21(19,20)14-7-6-13-12(18)10-15-9-5-3-2-4-8(9)11(17)16-10/h2-5,14H,6-7H2,1H3,(H,13,18)(H,15,16,17). The van der Waals surface area contributed by atoms with E-state index in [1.165, 1.54) is 0 Å². The highest BCUT2D eigenvalue weighted by molar-refractivity contribution is 7.88. The van der Waals surface area contributed by atoms with Crippen LogP contribution in [0.5, 0.6) is 0 Å². The maximum absolute atomic E-state index is 11.8. The normalized spacial score (nSPS) is 11.5. The van der Waals surface area contributed by atoms with Gasteiger partial charge in [0, 0.05) is 13.1 Å².